The molecule has 2 rings (SSSR count). The van der Waals surface area contributed by atoms with Crippen molar-refractivity contribution in [2.24, 2.45) is 5.92 Å². The average molecular weight is 254 g/mol. The van der Waals surface area contributed by atoms with Crippen molar-refractivity contribution in [2.45, 2.75) is 12.8 Å². The Hall–Kier alpha value is -2.09. The van der Waals surface area contributed by atoms with Gasteiger partial charge in [0.1, 0.15) is 0 Å². The maximum Gasteiger partial charge on any atom is 0.309 e. The van der Waals surface area contributed by atoms with Crippen molar-refractivity contribution in [3.63, 3.8) is 0 Å². The average Bonchev–Trinajstić information content (AvgIpc) is 2.48. The van der Waals surface area contributed by atoms with E-state index in [1.54, 1.807) is 0 Å². The summed E-state index contributed by atoms with van der Waals surface area (Å²) in [5.41, 5.74) is 2.32. The summed E-state index contributed by atoms with van der Waals surface area (Å²) in [4.78, 5) is 11.9. The third-order valence-corrected chi connectivity index (χ3v) is 3.18. The van der Waals surface area contributed by atoms with Crippen LogP contribution in [0, 0.1) is 5.92 Å². The van der Waals surface area contributed by atoms with Crippen LogP contribution in [0.15, 0.2) is 60.7 Å². The molecule has 98 valence electrons. The predicted octanol–water partition coefficient (Wildman–Crippen LogP) is 3.26. The van der Waals surface area contributed by atoms with Gasteiger partial charge in [-0.3, -0.25) is 4.79 Å². The maximum absolute atomic E-state index is 11.9. The molecular weight excluding hydrogens is 236 g/mol. The lowest BCUT2D eigenvalue weighted by atomic mass is 9.92. The molecule has 0 amide bonds. The summed E-state index contributed by atoms with van der Waals surface area (Å²) in [6, 6.07) is 20.1. The summed E-state index contributed by atoms with van der Waals surface area (Å²) in [6.45, 7) is 0. The lowest BCUT2D eigenvalue weighted by molar-refractivity contribution is -0.145. The fraction of sp³-hybridized carbons (Fsp3) is 0.235. The van der Waals surface area contributed by atoms with Gasteiger partial charge in [0.15, 0.2) is 0 Å². The molecule has 0 aliphatic carbocycles. The molecular formula is C17H18O2. The molecule has 0 spiro atoms. The molecule has 0 aromatic heterocycles. The molecule has 2 heteroatoms. The summed E-state index contributed by atoms with van der Waals surface area (Å²) < 4.78 is 4.92. The first kappa shape index (κ1) is 13.3. The van der Waals surface area contributed by atoms with Gasteiger partial charge in [-0.2, -0.15) is 0 Å². The van der Waals surface area contributed by atoms with Crippen molar-refractivity contribution in [3.05, 3.63) is 71.8 Å². The van der Waals surface area contributed by atoms with Crippen LogP contribution >= 0.6 is 0 Å². The quantitative estimate of drug-likeness (QED) is 0.765. The normalized spacial score (nSPS) is 10.4. The molecule has 2 aromatic carbocycles. The van der Waals surface area contributed by atoms with Crippen LogP contribution in [0.3, 0.4) is 0 Å². The Balaban J connectivity index is 2.10. The van der Waals surface area contributed by atoms with Gasteiger partial charge in [0.25, 0.3) is 0 Å². The molecule has 0 bridgehead atoms. The zero-order valence-corrected chi connectivity index (χ0v) is 11.1. The molecule has 0 saturated carbocycles. The topological polar surface area (TPSA) is 26.3 Å². The van der Waals surface area contributed by atoms with E-state index >= 15 is 0 Å². The molecule has 0 aliphatic heterocycles. The highest BCUT2D eigenvalue weighted by Gasteiger charge is 2.20. The molecule has 0 radical (unpaired) electrons. The molecule has 2 nitrogen and oxygen atoms in total. The molecule has 0 aliphatic rings. The van der Waals surface area contributed by atoms with E-state index in [0.29, 0.717) is 12.8 Å². The van der Waals surface area contributed by atoms with E-state index in [0.717, 1.165) is 11.1 Å². The molecule has 0 heterocycles. The maximum atomic E-state index is 11.9. The van der Waals surface area contributed by atoms with Gasteiger partial charge in [-0.1, -0.05) is 60.7 Å². The Morgan fingerprint density at radius 3 is 1.68 bits per heavy atom. The zero-order chi connectivity index (χ0) is 13.5. The van der Waals surface area contributed by atoms with Crippen LogP contribution in [0.2, 0.25) is 0 Å². The molecule has 19 heavy (non-hydrogen) atoms. The molecule has 0 fully saturated rings. The number of carbonyl (C=O) groups excluding carboxylic acids is 1. The monoisotopic (exact) mass is 254 g/mol. The second kappa shape index (κ2) is 6.74. The van der Waals surface area contributed by atoms with E-state index in [2.05, 4.69) is 0 Å². The van der Waals surface area contributed by atoms with Crippen molar-refractivity contribution in [3.8, 4) is 0 Å². The number of methoxy groups -OCH3 is 1. The smallest absolute Gasteiger partial charge is 0.309 e. The van der Waals surface area contributed by atoms with Crippen LogP contribution in [-0.4, -0.2) is 13.1 Å². The number of hydrogen-bond acceptors (Lipinski definition) is 2. The van der Waals surface area contributed by atoms with Crippen molar-refractivity contribution in [1.82, 2.24) is 0 Å². The van der Waals surface area contributed by atoms with E-state index in [-0.39, 0.29) is 11.9 Å². The van der Waals surface area contributed by atoms with Gasteiger partial charge in [0, 0.05) is 0 Å². The SMILES string of the molecule is COC(=O)C(Cc1ccccc1)Cc1ccccc1. The van der Waals surface area contributed by atoms with Crippen molar-refractivity contribution in [1.29, 1.82) is 0 Å². The minimum Gasteiger partial charge on any atom is -0.469 e. The third kappa shape index (κ3) is 3.95. The van der Waals surface area contributed by atoms with Gasteiger partial charge < -0.3 is 4.74 Å². The Morgan fingerprint density at radius 1 is 0.895 bits per heavy atom. The first-order chi connectivity index (χ1) is 9.29. The second-order valence-electron chi connectivity index (χ2n) is 4.60. The van der Waals surface area contributed by atoms with Gasteiger partial charge in [0.2, 0.25) is 0 Å². The molecule has 0 N–H and O–H groups in total. The standard InChI is InChI=1S/C17H18O2/c1-19-17(18)16(12-14-8-4-2-5-9-14)13-15-10-6-3-7-11-15/h2-11,16H,12-13H2,1H3. The van der Waals surface area contributed by atoms with Gasteiger partial charge >= 0.3 is 5.97 Å². The Labute approximate surface area is 114 Å². The van der Waals surface area contributed by atoms with Crippen LogP contribution in [0.1, 0.15) is 11.1 Å². The first-order valence-corrected chi connectivity index (χ1v) is 6.45. The minimum absolute atomic E-state index is 0.130. The van der Waals surface area contributed by atoms with Crippen molar-refractivity contribution >= 4 is 5.97 Å². The van der Waals surface area contributed by atoms with E-state index < -0.39 is 0 Å². The minimum atomic E-state index is -0.146. The first-order valence-electron chi connectivity index (χ1n) is 6.45. The summed E-state index contributed by atoms with van der Waals surface area (Å²) >= 11 is 0. The number of benzene rings is 2. The van der Waals surface area contributed by atoms with Crippen molar-refractivity contribution < 1.29 is 9.53 Å². The van der Waals surface area contributed by atoms with Crippen LogP contribution in [0.25, 0.3) is 0 Å². The molecule has 0 unspecified atom stereocenters. The van der Waals surface area contributed by atoms with Gasteiger partial charge in [0.05, 0.1) is 13.0 Å². The highest BCUT2D eigenvalue weighted by molar-refractivity contribution is 5.73. The second-order valence-corrected chi connectivity index (χ2v) is 4.60. The van der Waals surface area contributed by atoms with Crippen LogP contribution < -0.4 is 0 Å². The van der Waals surface area contributed by atoms with Gasteiger partial charge in [-0.15, -0.1) is 0 Å². The highest BCUT2D eigenvalue weighted by Crippen LogP contribution is 2.16. The Kier molecular flexibility index (Phi) is 4.73. The largest absolute Gasteiger partial charge is 0.469 e. The highest BCUT2D eigenvalue weighted by atomic mass is 16.5. The fourth-order valence-electron chi connectivity index (χ4n) is 2.20. The van der Waals surface area contributed by atoms with E-state index in [1.807, 2.05) is 60.7 Å². The van der Waals surface area contributed by atoms with Crippen LogP contribution in [0.4, 0.5) is 0 Å². The lowest BCUT2D eigenvalue weighted by Gasteiger charge is -2.14. The number of ether oxygens (including phenoxy) is 1. The van der Waals surface area contributed by atoms with E-state index in [9.17, 15) is 4.79 Å². The van der Waals surface area contributed by atoms with E-state index in [1.165, 1.54) is 7.11 Å². The number of rotatable bonds is 5. The van der Waals surface area contributed by atoms with Gasteiger partial charge in [-0.25, -0.2) is 0 Å². The Morgan fingerprint density at radius 2 is 1.32 bits per heavy atom. The summed E-state index contributed by atoms with van der Waals surface area (Å²) in [5, 5.41) is 0. The fourth-order valence-corrected chi connectivity index (χ4v) is 2.20. The molecule has 0 atom stereocenters. The molecule has 2 aromatic rings. The number of hydrogen-bond donors (Lipinski definition) is 0. The van der Waals surface area contributed by atoms with E-state index in [4.69, 9.17) is 4.74 Å². The summed E-state index contributed by atoms with van der Waals surface area (Å²) in [6.07, 6.45) is 1.42. The summed E-state index contributed by atoms with van der Waals surface area (Å²) in [5.74, 6) is -0.275. The number of esters is 1. The Bertz CT molecular complexity index is 464. The third-order valence-electron chi connectivity index (χ3n) is 3.18. The number of carbonyl (C=O) groups is 1. The van der Waals surface area contributed by atoms with Crippen LogP contribution in [-0.2, 0) is 22.4 Å². The predicted molar refractivity (Wildman–Crippen MR) is 75.8 cm³/mol. The zero-order valence-electron chi connectivity index (χ0n) is 11.1. The van der Waals surface area contributed by atoms with Crippen molar-refractivity contribution in [2.75, 3.05) is 7.11 Å². The molecule has 0 saturated heterocycles. The lowest BCUT2D eigenvalue weighted by Crippen LogP contribution is -2.21. The van der Waals surface area contributed by atoms with Gasteiger partial charge in [-0.05, 0) is 24.0 Å². The van der Waals surface area contributed by atoms with Crippen LogP contribution in [0.5, 0.6) is 0 Å². The summed E-state index contributed by atoms with van der Waals surface area (Å²) in [7, 11) is 1.45.